The molecule has 0 aliphatic carbocycles. The number of fused-ring (bicyclic) bond motifs is 2. The zero-order chi connectivity index (χ0) is 17.2. The minimum Gasteiger partial charge on any atom is -0.376 e. The summed E-state index contributed by atoms with van der Waals surface area (Å²) >= 11 is 0. The summed E-state index contributed by atoms with van der Waals surface area (Å²) in [6.07, 6.45) is 6.67. The Morgan fingerprint density at radius 1 is 1.31 bits per heavy atom. The summed E-state index contributed by atoms with van der Waals surface area (Å²) in [6, 6.07) is 0.343. The van der Waals surface area contributed by atoms with E-state index >= 15 is 0 Å². The van der Waals surface area contributed by atoms with Gasteiger partial charge in [0.05, 0.1) is 24.4 Å². The molecule has 0 radical (unpaired) electrons. The van der Waals surface area contributed by atoms with E-state index in [1.165, 1.54) is 6.42 Å². The maximum atomic E-state index is 5.95. The number of guanidine groups is 1. The molecule has 0 amide bonds. The standard InChI is InChI=1S/C17H28N6O2.HI/c1-11-21-22-16(23(11)2)10-19-17(18-9-13-4-3-7-24-13)20-14-8-12-5-6-15(14)25-12;/h12-15H,3-10H2,1-2H3,(H2,18,19,20);1H. The highest BCUT2D eigenvalue weighted by molar-refractivity contribution is 14.0. The molecule has 1 aromatic rings. The van der Waals surface area contributed by atoms with Crippen molar-refractivity contribution in [1.29, 1.82) is 0 Å². The third kappa shape index (κ3) is 4.48. The fourth-order valence-corrected chi connectivity index (χ4v) is 3.87. The second-order valence-electron chi connectivity index (χ2n) is 7.26. The summed E-state index contributed by atoms with van der Waals surface area (Å²) in [5.41, 5.74) is 0. The molecule has 3 aliphatic heterocycles. The number of ether oxygens (including phenoxy) is 2. The second kappa shape index (κ2) is 8.83. The Kier molecular flexibility index (Phi) is 6.73. The Bertz CT molecular complexity index is 631. The average Bonchev–Trinajstić information content (AvgIpc) is 3.38. The van der Waals surface area contributed by atoms with Gasteiger partial charge in [0, 0.05) is 20.2 Å². The second-order valence-corrected chi connectivity index (χ2v) is 7.26. The number of halogens is 1. The van der Waals surface area contributed by atoms with E-state index < -0.39 is 0 Å². The van der Waals surface area contributed by atoms with Gasteiger partial charge in [-0.3, -0.25) is 0 Å². The molecule has 4 heterocycles. The van der Waals surface area contributed by atoms with Crippen LogP contribution in [0.5, 0.6) is 0 Å². The molecule has 4 unspecified atom stereocenters. The van der Waals surface area contributed by atoms with Crippen LogP contribution >= 0.6 is 24.0 Å². The molecule has 0 saturated carbocycles. The van der Waals surface area contributed by atoms with Gasteiger partial charge < -0.3 is 24.7 Å². The van der Waals surface area contributed by atoms with Crippen LogP contribution in [0.25, 0.3) is 0 Å². The smallest absolute Gasteiger partial charge is 0.192 e. The van der Waals surface area contributed by atoms with Gasteiger partial charge in [0.15, 0.2) is 11.8 Å². The Morgan fingerprint density at radius 3 is 2.81 bits per heavy atom. The van der Waals surface area contributed by atoms with Crippen LogP contribution in [-0.4, -0.2) is 58.2 Å². The fourth-order valence-electron chi connectivity index (χ4n) is 3.87. The first-order valence-electron chi connectivity index (χ1n) is 9.36. The first-order valence-corrected chi connectivity index (χ1v) is 9.36. The lowest BCUT2D eigenvalue weighted by Gasteiger charge is -2.23. The van der Waals surface area contributed by atoms with E-state index in [-0.39, 0.29) is 30.1 Å². The number of nitrogens with zero attached hydrogens (tertiary/aromatic N) is 4. The molecule has 8 nitrogen and oxygen atoms in total. The largest absolute Gasteiger partial charge is 0.376 e. The van der Waals surface area contributed by atoms with Crippen molar-refractivity contribution in [1.82, 2.24) is 25.4 Å². The minimum absolute atomic E-state index is 0. The molecule has 26 heavy (non-hydrogen) atoms. The van der Waals surface area contributed by atoms with E-state index in [2.05, 4.69) is 20.8 Å². The molecule has 2 bridgehead atoms. The van der Waals surface area contributed by atoms with Crippen molar-refractivity contribution in [2.24, 2.45) is 12.0 Å². The Balaban J connectivity index is 0.00000196. The lowest BCUT2D eigenvalue weighted by Crippen LogP contribution is -2.49. The minimum atomic E-state index is 0. The van der Waals surface area contributed by atoms with Crippen LogP contribution < -0.4 is 10.6 Å². The summed E-state index contributed by atoms with van der Waals surface area (Å²) < 4.78 is 13.6. The number of rotatable bonds is 5. The van der Waals surface area contributed by atoms with Crippen LogP contribution in [0, 0.1) is 6.92 Å². The highest BCUT2D eigenvalue weighted by atomic mass is 127. The first-order chi connectivity index (χ1) is 12.2. The summed E-state index contributed by atoms with van der Waals surface area (Å²) in [4.78, 5) is 4.74. The van der Waals surface area contributed by atoms with Crippen molar-refractivity contribution >= 4 is 29.9 Å². The number of hydrogen-bond donors (Lipinski definition) is 2. The lowest BCUT2D eigenvalue weighted by molar-refractivity contribution is 0.0990. The number of aromatic nitrogens is 3. The molecule has 3 saturated heterocycles. The summed E-state index contributed by atoms with van der Waals surface area (Å²) in [6.45, 7) is 4.09. The van der Waals surface area contributed by atoms with Crippen molar-refractivity contribution in [2.45, 2.75) is 69.9 Å². The van der Waals surface area contributed by atoms with E-state index in [1.807, 2.05) is 18.5 Å². The van der Waals surface area contributed by atoms with Crippen LogP contribution in [0.15, 0.2) is 4.99 Å². The summed E-state index contributed by atoms with van der Waals surface area (Å²) in [5.74, 6) is 2.57. The highest BCUT2D eigenvalue weighted by Crippen LogP contribution is 2.34. The van der Waals surface area contributed by atoms with E-state index in [0.29, 0.717) is 24.8 Å². The van der Waals surface area contributed by atoms with E-state index in [0.717, 1.165) is 56.4 Å². The predicted molar refractivity (Wildman–Crippen MR) is 109 cm³/mol. The Hall–Kier alpha value is -0.940. The van der Waals surface area contributed by atoms with Crippen LogP contribution in [0.4, 0.5) is 0 Å². The van der Waals surface area contributed by atoms with Gasteiger partial charge >= 0.3 is 0 Å². The van der Waals surface area contributed by atoms with Gasteiger partial charge in [-0.1, -0.05) is 0 Å². The zero-order valence-electron chi connectivity index (χ0n) is 15.5. The van der Waals surface area contributed by atoms with Crippen LogP contribution in [0.2, 0.25) is 0 Å². The van der Waals surface area contributed by atoms with Gasteiger partial charge in [-0.2, -0.15) is 0 Å². The lowest BCUT2D eigenvalue weighted by atomic mass is 9.96. The van der Waals surface area contributed by atoms with Crippen molar-refractivity contribution in [2.75, 3.05) is 13.2 Å². The van der Waals surface area contributed by atoms with Gasteiger partial charge in [-0.05, 0) is 39.0 Å². The van der Waals surface area contributed by atoms with Crippen LogP contribution in [0.1, 0.15) is 43.8 Å². The molecular weight excluding hydrogens is 447 g/mol. The molecule has 4 rings (SSSR count). The van der Waals surface area contributed by atoms with Gasteiger partial charge in [0.25, 0.3) is 0 Å². The van der Waals surface area contributed by atoms with Crippen LogP contribution in [0.3, 0.4) is 0 Å². The van der Waals surface area contributed by atoms with Gasteiger partial charge in [0.1, 0.15) is 12.4 Å². The molecule has 146 valence electrons. The predicted octanol–water partition coefficient (Wildman–Crippen LogP) is 1.28. The molecule has 3 aliphatic rings. The van der Waals surface area contributed by atoms with Crippen molar-refractivity contribution in [3.05, 3.63) is 11.6 Å². The zero-order valence-corrected chi connectivity index (χ0v) is 17.8. The molecule has 0 spiro atoms. The summed E-state index contributed by atoms with van der Waals surface area (Å²) in [7, 11) is 1.97. The first kappa shape index (κ1) is 19.8. The number of hydrogen-bond acceptors (Lipinski definition) is 5. The van der Waals surface area contributed by atoms with Crippen LogP contribution in [-0.2, 0) is 23.1 Å². The van der Waals surface area contributed by atoms with E-state index in [1.54, 1.807) is 0 Å². The molecule has 4 atom stereocenters. The molecule has 0 aromatic carbocycles. The molecule has 2 N–H and O–H groups in total. The van der Waals surface area contributed by atoms with Gasteiger partial charge in [-0.25, -0.2) is 4.99 Å². The Labute approximate surface area is 171 Å². The van der Waals surface area contributed by atoms with Gasteiger partial charge in [-0.15, -0.1) is 34.2 Å². The molecule has 1 aromatic heterocycles. The van der Waals surface area contributed by atoms with Crippen molar-refractivity contribution < 1.29 is 9.47 Å². The quantitative estimate of drug-likeness (QED) is 0.379. The normalized spacial score (nSPS) is 30.5. The monoisotopic (exact) mass is 476 g/mol. The number of nitrogens with one attached hydrogen (secondary N) is 2. The van der Waals surface area contributed by atoms with Gasteiger partial charge in [0.2, 0.25) is 0 Å². The number of aliphatic imine (C=N–C) groups is 1. The average molecular weight is 476 g/mol. The van der Waals surface area contributed by atoms with E-state index in [4.69, 9.17) is 14.5 Å². The summed E-state index contributed by atoms with van der Waals surface area (Å²) in [5, 5.41) is 15.3. The highest BCUT2D eigenvalue weighted by Gasteiger charge is 2.41. The molecule has 9 heteroatoms. The molecular formula is C17H29IN6O2. The van der Waals surface area contributed by atoms with Crippen molar-refractivity contribution in [3.63, 3.8) is 0 Å². The topological polar surface area (TPSA) is 85.6 Å². The van der Waals surface area contributed by atoms with Crippen molar-refractivity contribution in [3.8, 4) is 0 Å². The Morgan fingerprint density at radius 2 is 2.19 bits per heavy atom. The fraction of sp³-hybridized carbons (Fsp3) is 0.824. The SMILES string of the molecule is Cc1nnc(CN=C(NCC2CCCO2)NC2CC3CCC2O3)n1C.I. The maximum absolute atomic E-state index is 5.95. The molecule has 3 fully saturated rings. The third-order valence-corrected chi connectivity index (χ3v) is 5.51. The number of aryl methyl sites for hydroxylation is 1. The third-order valence-electron chi connectivity index (χ3n) is 5.51. The van der Waals surface area contributed by atoms with E-state index in [9.17, 15) is 0 Å². The maximum Gasteiger partial charge on any atom is 0.192 e.